The number of rotatable bonds is 4. The molecule has 1 amide bonds. The number of fused-ring (bicyclic) bond motifs is 1. The van der Waals surface area contributed by atoms with Crippen molar-refractivity contribution in [2.24, 2.45) is 0 Å². The minimum absolute atomic E-state index is 0.218. The number of carbonyl (C=O) groups is 1. The van der Waals surface area contributed by atoms with E-state index in [1.807, 2.05) is 18.2 Å². The molecule has 1 aromatic carbocycles. The molecule has 1 N–H and O–H groups in total. The van der Waals surface area contributed by atoms with E-state index >= 15 is 0 Å². The largest absolute Gasteiger partial charge is 0.454 e. The SMILES string of the molecule is O=C(NCc1cc(-c2ccc3c(c2)OCO3)on1)c1ccc(Br)o1. The molecular formula is C16H11BrN2O5. The lowest BCUT2D eigenvalue weighted by molar-refractivity contribution is 0.0921. The van der Waals surface area contributed by atoms with Crippen molar-refractivity contribution in [1.29, 1.82) is 0 Å². The first-order valence-electron chi connectivity index (χ1n) is 7.08. The summed E-state index contributed by atoms with van der Waals surface area (Å²) in [6, 6.07) is 10.5. The Morgan fingerprint density at radius 3 is 2.88 bits per heavy atom. The standard InChI is InChI=1S/C16H11BrN2O5/c17-15-4-3-12(23-15)16(20)18-7-10-6-13(24-19-10)9-1-2-11-14(5-9)22-8-21-11/h1-6H,7-8H2,(H,18,20). The molecule has 24 heavy (non-hydrogen) atoms. The molecule has 0 atom stereocenters. The summed E-state index contributed by atoms with van der Waals surface area (Å²) in [6.07, 6.45) is 0. The summed E-state index contributed by atoms with van der Waals surface area (Å²) in [5, 5.41) is 6.67. The second kappa shape index (κ2) is 6.04. The first-order valence-corrected chi connectivity index (χ1v) is 7.87. The van der Waals surface area contributed by atoms with Gasteiger partial charge in [-0.25, -0.2) is 0 Å². The summed E-state index contributed by atoms with van der Waals surface area (Å²) in [5.41, 5.74) is 1.42. The van der Waals surface area contributed by atoms with Crippen LogP contribution in [0.3, 0.4) is 0 Å². The van der Waals surface area contributed by atoms with Gasteiger partial charge in [0.05, 0.1) is 6.54 Å². The van der Waals surface area contributed by atoms with E-state index in [1.54, 1.807) is 18.2 Å². The Kier molecular flexibility index (Phi) is 3.73. The number of halogens is 1. The fourth-order valence-corrected chi connectivity index (χ4v) is 2.58. The van der Waals surface area contributed by atoms with Crippen molar-refractivity contribution in [1.82, 2.24) is 10.5 Å². The number of hydrogen-bond acceptors (Lipinski definition) is 6. The van der Waals surface area contributed by atoms with Crippen LogP contribution in [-0.4, -0.2) is 17.9 Å². The van der Waals surface area contributed by atoms with Gasteiger partial charge in [-0.3, -0.25) is 4.79 Å². The zero-order chi connectivity index (χ0) is 16.5. The van der Waals surface area contributed by atoms with Crippen LogP contribution in [0, 0.1) is 0 Å². The van der Waals surface area contributed by atoms with Crippen LogP contribution in [0.4, 0.5) is 0 Å². The number of ether oxygens (including phenoxy) is 2. The van der Waals surface area contributed by atoms with Gasteiger partial charge < -0.3 is 23.7 Å². The molecule has 2 aromatic heterocycles. The maximum atomic E-state index is 11.9. The topological polar surface area (TPSA) is 86.7 Å². The molecule has 0 saturated heterocycles. The van der Waals surface area contributed by atoms with Crippen LogP contribution < -0.4 is 14.8 Å². The lowest BCUT2D eigenvalue weighted by Gasteiger charge is -1.99. The van der Waals surface area contributed by atoms with Crippen molar-refractivity contribution in [2.75, 3.05) is 6.79 Å². The van der Waals surface area contributed by atoms with Crippen LogP contribution in [0.1, 0.15) is 16.2 Å². The number of nitrogens with one attached hydrogen (secondary N) is 1. The van der Waals surface area contributed by atoms with E-state index in [-0.39, 0.29) is 25.0 Å². The molecule has 7 nitrogen and oxygen atoms in total. The molecule has 0 bridgehead atoms. The molecule has 0 fully saturated rings. The Morgan fingerprint density at radius 2 is 2.04 bits per heavy atom. The second-order valence-electron chi connectivity index (χ2n) is 5.04. The molecule has 3 aromatic rings. The zero-order valence-electron chi connectivity index (χ0n) is 12.2. The quantitative estimate of drug-likeness (QED) is 0.734. The van der Waals surface area contributed by atoms with Crippen LogP contribution in [0.15, 0.2) is 50.0 Å². The molecule has 4 rings (SSSR count). The van der Waals surface area contributed by atoms with Crippen LogP contribution in [0.2, 0.25) is 0 Å². The van der Waals surface area contributed by atoms with Crippen molar-refractivity contribution in [2.45, 2.75) is 6.54 Å². The predicted octanol–water partition coefficient (Wildman–Crippen LogP) is 3.36. The van der Waals surface area contributed by atoms with Crippen molar-refractivity contribution < 1.29 is 23.2 Å². The monoisotopic (exact) mass is 390 g/mol. The number of hydrogen-bond donors (Lipinski definition) is 1. The number of nitrogens with zero attached hydrogens (tertiary/aromatic N) is 1. The highest BCUT2D eigenvalue weighted by Crippen LogP contribution is 2.35. The van der Waals surface area contributed by atoms with Gasteiger partial charge in [0.15, 0.2) is 27.7 Å². The number of aromatic nitrogens is 1. The summed E-state index contributed by atoms with van der Waals surface area (Å²) in [5.74, 6) is 1.85. The number of benzene rings is 1. The molecule has 0 unspecified atom stereocenters. The van der Waals surface area contributed by atoms with Gasteiger partial charge in [-0.15, -0.1) is 0 Å². The van der Waals surface area contributed by atoms with Gasteiger partial charge in [-0.1, -0.05) is 5.16 Å². The van der Waals surface area contributed by atoms with Gasteiger partial charge in [0.25, 0.3) is 5.91 Å². The third-order valence-corrected chi connectivity index (χ3v) is 3.87. The lowest BCUT2D eigenvalue weighted by Crippen LogP contribution is -2.22. The van der Waals surface area contributed by atoms with Gasteiger partial charge in [-0.2, -0.15) is 0 Å². The maximum absolute atomic E-state index is 11.9. The molecule has 0 aliphatic carbocycles. The Balaban J connectivity index is 1.44. The first-order chi connectivity index (χ1) is 11.7. The van der Waals surface area contributed by atoms with E-state index in [0.717, 1.165) is 5.56 Å². The summed E-state index contributed by atoms with van der Waals surface area (Å²) in [6.45, 7) is 0.445. The molecule has 1 aliphatic rings. The van der Waals surface area contributed by atoms with Crippen LogP contribution in [-0.2, 0) is 6.54 Å². The number of carbonyl (C=O) groups excluding carboxylic acids is 1. The van der Waals surface area contributed by atoms with Gasteiger partial charge in [0, 0.05) is 11.6 Å². The minimum Gasteiger partial charge on any atom is -0.454 e. The highest BCUT2D eigenvalue weighted by atomic mass is 79.9. The third-order valence-electron chi connectivity index (χ3n) is 3.44. The van der Waals surface area contributed by atoms with Crippen molar-refractivity contribution in [3.8, 4) is 22.8 Å². The van der Waals surface area contributed by atoms with E-state index < -0.39 is 0 Å². The van der Waals surface area contributed by atoms with Crippen LogP contribution >= 0.6 is 15.9 Å². The van der Waals surface area contributed by atoms with E-state index in [9.17, 15) is 4.79 Å². The predicted molar refractivity (Wildman–Crippen MR) is 85.6 cm³/mol. The Morgan fingerprint density at radius 1 is 1.17 bits per heavy atom. The summed E-state index contributed by atoms with van der Waals surface area (Å²) in [7, 11) is 0. The Bertz CT molecular complexity index is 902. The van der Waals surface area contributed by atoms with E-state index in [4.69, 9.17) is 18.4 Å². The van der Waals surface area contributed by atoms with Crippen LogP contribution in [0.5, 0.6) is 11.5 Å². The molecule has 0 radical (unpaired) electrons. The molecule has 0 saturated carbocycles. The molecule has 122 valence electrons. The van der Waals surface area contributed by atoms with Gasteiger partial charge >= 0.3 is 0 Å². The molecule has 0 spiro atoms. The molecule has 1 aliphatic heterocycles. The number of amides is 1. The van der Waals surface area contributed by atoms with Crippen LogP contribution in [0.25, 0.3) is 11.3 Å². The number of furan rings is 1. The van der Waals surface area contributed by atoms with Gasteiger partial charge in [0.1, 0.15) is 5.69 Å². The summed E-state index contributed by atoms with van der Waals surface area (Å²) in [4.78, 5) is 11.9. The van der Waals surface area contributed by atoms with Crippen molar-refractivity contribution in [3.63, 3.8) is 0 Å². The maximum Gasteiger partial charge on any atom is 0.287 e. The van der Waals surface area contributed by atoms with Gasteiger partial charge in [0.2, 0.25) is 6.79 Å². The lowest BCUT2D eigenvalue weighted by atomic mass is 10.1. The molecule has 8 heteroatoms. The highest BCUT2D eigenvalue weighted by molar-refractivity contribution is 9.10. The normalized spacial score (nSPS) is 12.4. The molecular weight excluding hydrogens is 380 g/mol. The fourth-order valence-electron chi connectivity index (χ4n) is 2.28. The van der Waals surface area contributed by atoms with Gasteiger partial charge in [-0.05, 0) is 46.3 Å². The minimum atomic E-state index is -0.326. The summed E-state index contributed by atoms with van der Waals surface area (Å²) < 4.78 is 21.6. The third kappa shape index (κ3) is 2.88. The fraction of sp³-hybridized carbons (Fsp3) is 0.125. The Labute approximate surface area is 144 Å². The summed E-state index contributed by atoms with van der Waals surface area (Å²) >= 11 is 3.15. The zero-order valence-corrected chi connectivity index (χ0v) is 13.8. The molecule has 3 heterocycles. The highest BCUT2D eigenvalue weighted by Gasteiger charge is 2.16. The van der Waals surface area contributed by atoms with E-state index in [1.165, 1.54) is 0 Å². The van der Waals surface area contributed by atoms with Crippen molar-refractivity contribution in [3.05, 3.63) is 52.5 Å². The van der Waals surface area contributed by atoms with Crippen molar-refractivity contribution >= 4 is 21.8 Å². The average Bonchev–Trinajstić information content (AvgIpc) is 3.32. The van der Waals surface area contributed by atoms with E-state index in [0.29, 0.717) is 27.6 Å². The van der Waals surface area contributed by atoms with E-state index in [2.05, 4.69) is 26.4 Å². The average molecular weight is 391 g/mol. The second-order valence-corrected chi connectivity index (χ2v) is 5.82. The Hall–Kier alpha value is -2.74. The first kappa shape index (κ1) is 14.8. The smallest absolute Gasteiger partial charge is 0.287 e.